The molecule has 1 aromatic rings. The van der Waals surface area contributed by atoms with Crippen LogP contribution in [0.25, 0.3) is 0 Å². The Bertz CT molecular complexity index is 436. The second-order valence-electron chi connectivity index (χ2n) is 3.40. The molecular formula is C9H6BrF2NO2. The van der Waals surface area contributed by atoms with Crippen LogP contribution in [-0.4, -0.2) is 4.92 Å². The van der Waals surface area contributed by atoms with Gasteiger partial charge >= 0.3 is 0 Å². The summed E-state index contributed by atoms with van der Waals surface area (Å²) in [6.45, 7) is 0. The van der Waals surface area contributed by atoms with Gasteiger partial charge in [-0.15, -0.1) is 0 Å². The van der Waals surface area contributed by atoms with Crippen molar-refractivity contribution < 1.29 is 13.7 Å². The standard InChI is InChI=1S/C9H6BrF2NO2/c10-8-4-9(11,12)7-3-5(13(14)15)1-2-6(7)8/h1-3,8H,4H2/t8-/m0/s1. The topological polar surface area (TPSA) is 43.1 Å². The molecule has 0 spiro atoms. The van der Waals surface area contributed by atoms with Gasteiger partial charge in [-0.25, -0.2) is 8.78 Å². The lowest BCUT2D eigenvalue weighted by atomic mass is 10.1. The molecule has 80 valence electrons. The summed E-state index contributed by atoms with van der Waals surface area (Å²) in [7, 11) is 0. The van der Waals surface area contributed by atoms with Gasteiger partial charge in [-0.05, 0) is 5.56 Å². The Balaban J connectivity index is 2.57. The Kier molecular flexibility index (Phi) is 2.26. The maximum Gasteiger partial charge on any atom is 0.275 e. The van der Waals surface area contributed by atoms with Crippen molar-refractivity contribution in [2.24, 2.45) is 0 Å². The molecule has 0 fully saturated rings. The number of benzene rings is 1. The number of halogens is 3. The molecule has 1 aliphatic rings. The molecule has 0 bridgehead atoms. The minimum Gasteiger partial charge on any atom is -0.258 e. The van der Waals surface area contributed by atoms with Crippen LogP contribution < -0.4 is 0 Å². The maximum atomic E-state index is 13.4. The third-order valence-electron chi connectivity index (χ3n) is 2.41. The second kappa shape index (κ2) is 3.23. The van der Waals surface area contributed by atoms with Gasteiger partial charge in [0.15, 0.2) is 0 Å². The highest BCUT2D eigenvalue weighted by atomic mass is 79.9. The largest absolute Gasteiger partial charge is 0.275 e. The van der Waals surface area contributed by atoms with E-state index in [-0.39, 0.29) is 17.7 Å². The summed E-state index contributed by atoms with van der Waals surface area (Å²) in [6.07, 6.45) is -0.344. The molecule has 0 saturated carbocycles. The molecule has 0 aromatic heterocycles. The highest BCUT2D eigenvalue weighted by molar-refractivity contribution is 9.09. The third-order valence-corrected chi connectivity index (χ3v) is 3.23. The molecule has 0 amide bonds. The quantitative estimate of drug-likeness (QED) is 0.448. The van der Waals surface area contributed by atoms with Crippen molar-refractivity contribution in [3.63, 3.8) is 0 Å². The minimum atomic E-state index is -2.98. The third kappa shape index (κ3) is 1.62. The first kappa shape index (κ1) is 10.5. The first-order chi connectivity index (χ1) is 6.92. The number of hydrogen-bond acceptors (Lipinski definition) is 2. The monoisotopic (exact) mass is 277 g/mol. The van der Waals surface area contributed by atoms with E-state index in [0.29, 0.717) is 5.56 Å². The van der Waals surface area contributed by atoms with E-state index in [9.17, 15) is 18.9 Å². The Labute approximate surface area is 92.4 Å². The number of rotatable bonds is 1. The summed E-state index contributed by atoms with van der Waals surface area (Å²) >= 11 is 3.12. The molecule has 0 unspecified atom stereocenters. The fourth-order valence-electron chi connectivity index (χ4n) is 1.69. The van der Waals surface area contributed by atoms with Crippen LogP contribution in [0.3, 0.4) is 0 Å². The molecule has 6 heteroatoms. The molecule has 0 N–H and O–H groups in total. The lowest BCUT2D eigenvalue weighted by Crippen LogP contribution is -2.07. The predicted octanol–water partition coefficient (Wildman–Crippen LogP) is 3.53. The molecule has 2 rings (SSSR count). The molecule has 0 aliphatic heterocycles. The van der Waals surface area contributed by atoms with Gasteiger partial charge < -0.3 is 0 Å². The van der Waals surface area contributed by atoms with Crippen LogP contribution in [0.4, 0.5) is 14.5 Å². The van der Waals surface area contributed by atoms with Gasteiger partial charge in [0.25, 0.3) is 11.6 Å². The van der Waals surface area contributed by atoms with E-state index in [1.807, 2.05) is 0 Å². The summed E-state index contributed by atoms with van der Waals surface area (Å²) in [5.41, 5.74) is -0.0980. The molecular weight excluding hydrogens is 272 g/mol. The van der Waals surface area contributed by atoms with Crippen LogP contribution in [0.2, 0.25) is 0 Å². The number of nitrogens with zero attached hydrogens (tertiary/aromatic N) is 1. The number of nitro benzene ring substituents is 1. The van der Waals surface area contributed by atoms with E-state index in [0.717, 1.165) is 6.07 Å². The van der Waals surface area contributed by atoms with E-state index in [1.165, 1.54) is 12.1 Å². The maximum absolute atomic E-state index is 13.4. The zero-order valence-corrected chi connectivity index (χ0v) is 9.00. The van der Waals surface area contributed by atoms with E-state index in [1.54, 1.807) is 0 Å². The second-order valence-corrected chi connectivity index (χ2v) is 4.51. The molecule has 1 aromatic carbocycles. The summed E-state index contributed by atoms with van der Waals surface area (Å²) in [6, 6.07) is 3.58. The molecule has 0 radical (unpaired) electrons. The van der Waals surface area contributed by atoms with E-state index < -0.39 is 15.7 Å². The number of alkyl halides is 3. The van der Waals surface area contributed by atoms with Crippen LogP contribution in [0.1, 0.15) is 22.4 Å². The van der Waals surface area contributed by atoms with E-state index >= 15 is 0 Å². The first-order valence-electron chi connectivity index (χ1n) is 4.22. The molecule has 0 saturated heterocycles. The Hall–Kier alpha value is -1.04. The van der Waals surface area contributed by atoms with Crippen LogP contribution in [0.15, 0.2) is 18.2 Å². The highest BCUT2D eigenvalue weighted by Crippen LogP contribution is 2.51. The fraction of sp³-hybridized carbons (Fsp3) is 0.333. The Morgan fingerprint density at radius 3 is 2.80 bits per heavy atom. The number of nitro groups is 1. The normalized spacial score (nSPS) is 22.5. The van der Waals surface area contributed by atoms with Crippen molar-refractivity contribution in [3.8, 4) is 0 Å². The van der Waals surface area contributed by atoms with Gasteiger partial charge in [-0.1, -0.05) is 22.0 Å². The predicted molar refractivity (Wildman–Crippen MR) is 53.3 cm³/mol. The lowest BCUT2D eigenvalue weighted by molar-refractivity contribution is -0.385. The minimum absolute atomic E-state index is 0.237. The summed E-state index contributed by atoms with van der Waals surface area (Å²) in [5, 5.41) is 10.4. The van der Waals surface area contributed by atoms with Crippen molar-refractivity contribution in [2.45, 2.75) is 17.2 Å². The highest BCUT2D eigenvalue weighted by Gasteiger charge is 2.44. The van der Waals surface area contributed by atoms with Crippen LogP contribution in [0.5, 0.6) is 0 Å². The summed E-state index contributed by atoms with van der Waals surface area (Å²) in [4.78, 5) is 9.35. The fourth-order valence-corrected chi connectivity index (χ4v) is 2.50. The molecule has 0 heterocycles. The average Bonchev–Trinajstić information content (AvgIpc) is 2.37. The van der Waals surface area contributed by atoms with E-state index in [2.05, 4.69) is 15.9 Å². The zero-order valence-electron chi connectivity index (χ0n) is 7.41. The van der Waals surface area contributed by atoms with Gasteiger partial charge in [0.05, 0.1) is 4.92 Å². The van der Waals surface area contributed by atoms with Crippen LogP contribution in [-0.2, 0) is 5.92 Å². The van der Waals surface area contributed by atoms with Crippen LogP contribution >= 0.6 is 15.9 Å². The number of fused-ring (bicyclic) bond motifs is 1. The number of hydrogen-bond donors (Lipinski definition) is 0. The SMILES string of the molecule is O=[N+]([O-])c1ccc2c(c1)C(F)(F)C[C@@H]2Br. The van der Waals surface area contributed by atoms with Gasteiger partial charge in [0, 0.05) is 28.9 Å². The van der Waals surface area contributed by atoms with Crippen molar-refractivity contribution in [3.05, 3.63) is 39.4 Å². The zero-order chi connectivity index (χ0) is 11.2. The van der Waals surface area contributed by atoms with Gasteiger partial charge in [-0.3, -0.25) is 10.1 Å². The smallest absolute Gasteiger partial charge is 0.258 e. The molecule has 3 nitrogen and oxygen atoms in total. The van der Waals surface area contributed by atoms with Crippen LogP contribution in [0, 0.1) is 10.1 Å². The molecule has 1 aliphatic carbocycles. The average molecular weight is 278 g/mol. The van der Waals surface area contributed by atoms with Crippen molar-refractivity contribution in [2.75, 3.05) is 0 Å². The van der Waals surface area contributed by atoms with E-state index in [4.69, 9.17) is 0 Å². The Morgan fingerprint density at radius 1 is 1.53 bits per heavy atom. The van der Waals surface area contributed by atoms with Gasteiger partial charge in [0.1, 0.15) is 0 Å². The van der Waals surface area contributed by atoms with Crippen molar-refractivity contribution in [1.82, 2.24) is 0 Å². The number of non-ortho nitro benzene ring substituents is 1. The Morgan fingerprint density at radius 2 is 2.20 bits per heavy atom. The summed E-state index contributed by atoms with van der Waals surface area (Å²) in [5.74, 6) is -2.98. The molecule has 15 heavy (non-hydrogen) atoms. The summed E-state index contributed by atoms with van der Waals surface area (Å²) < 4.78 is 26.8. The van der Waals surface area contributed by atoms with Crippen molar-refractivity contribution in [1.29, 1.82) is 0 Å². The molecule has 1 atom stereocenters. The van der Waals surface area contributed by atoms with Crippen molar-refractivity contribution >= 4 is 21.6 Å². The lowest BCUT2D eigenvalue weighted by Gasteiger charge is -2.08. The van der Waals surface area contributed by atoms with Gasteiger partial charge in [-0.2, -0.15) is 0 Å². The van der Waals surface area contributed by atoms with Gasteiger partial charge in [0.2, 0.25) is 0 Å². The first-order valence-corrected chi connectivity index (χ1v) is 5.14.